The van der Waals surface area contributed by atoms with Gasteiger partial charge in [-0.1, -0.05) is 0 Å². The van der Waals surface area contributed by atoms with Gasteiger partial charge in [-0.25, -0.2) is 0 Å². The number of nitrogens with zero attached hydrogens (tertiary/aromatic N) is 2. The van der Waals surface area contributed by atoms with E-state index in [9.17, 15) is 4.79 Å². The molecule has 0 saturated heterocycles. The molecule has 0 atom stereocenters. The third-order valence-corrected chi connectivity index (χ3v) is 2.83. The Morgan fingerprint density at radius 1 is 1.73 bits per heavy atom. The van der Waals surface area contributed by atoms with Crippen LogP contribution >= 0.6 is 0 Å². The van der Waals surface area contributed by atoms with Gasteiger partial charge in [0.1, 0.15) is 0 Å². The van der Waals surface area contributed by atoms with Gasteiger partial charge in [0.15, 0.2) is 0 Å². The Balaban J connectivity index is 1.76. The smallest absolute Gasteiger partial charge is 0.240 e. The van der Waals surface area contributed by atoms with Crippen molar-refractivity contribution in [2.45, 2.75) is 24.8 Å². The fourth-order valence-corrected chi connectivity index (χ4v) is 1.49. The van der Waals surface area contributed by atoms with Crippen molar-refractivity contribution >= 4 is 5.91 Å². The second kappa shape index (κ2) is 3.66. The predicted molar refractivity (Wildman–Crippen MR) is 56.1 cm³/mol. The Morgan fingerprint density at radius 2 is 2.47 bits per heavy atom. The van der Waals surface area contributed by atoms with Crippen molar-refractivity contribution in [1.82, 2.24) is 15.1 Å². The normalized spacial score (nSPS) is 17.5. The number of hydrogen-bond donors (Lipinski definition) is 2. The van der Waals surface area contributed by atoms with E-state index < -0.39 is 5.54 Å². The van der Waals surface area contributed by atoms with Crippen molar-refractivity contribution in [2.24, 2.45) is 12.8 Å². The van der Waals surface area contributed by atoms with E-state index in [4.69, 9.17) is 5.73 Å². The fraction of sp³-hybridized carbons (Fsp3) is 0.600. The molecular weight excluding hydrogens is 192 g/mol. The summed E-state index contributed by atoms with van der Waals surface area (Å²) >= 11 is 0. The molecule has 1 aromatic heterocycles. The number of aryl methyl sites for hydroxylation is 1. The molecule has 1 saturated carbocycles. The number of carbonyl (C=O) groups excluding carboxylic acids is 1. The summed E-state index contributed by atoms with van der Waals surface area (Å²) in [7, 11) is 1.89. The lowest BCUT2D eigenvalue weighted by atomic mass is 10.2. The van der Waals surface area contributed by atoms with Gasteiger partial charge in [-0.3, -0.25) is 9.48 Å². The average Bonchev–Trinajstić information content (AvgIpc) is 2.83. The van der Waals surface area contributed by atoms with Gasteiger partial charge in [-0.2, -0.15) is 5.10 Å². The van der Waals surface area contributed by atoms with Crippen LogP contribution in [0.15, 0.2) is 12.3 Å². The molecular formula is C10H16N4O. The van der Waals surface area contributed by atoms with E-state index in [0.717, 1.165) is 25.0 Å². The van der Waals surface area contributed by atoms with Crippen molar-refractivity contribution in [1.29, 1.82) is 0 Å². The van der Waals surface area contributed by atoms with Crippen molar-refractivity contribution in [3.8, 4) is 0 Å². The molecule has 0 bridgehead atoms. The molecule has 1 aromatic rings. The van der Waals surface area contributed by atoms with Gasteiger partial charge in [0, 0.05) is 31.9 Å². The number of amides is 1. The average molecular weight is 208 g/mol. The summed E-state index contributed by atoms with van der Waals surface area (Å²) < 4.78 is 1.81. The largest absolute Gasteiger partial charge is 0.354 e. The second-order valence-corrected chi connectivity index (χ2v) is 4.11. The Kier molecular flexibility index (Phi) is 2.48. The van der Waals surface area contributed by atoms with E-state index in [0.29, 0.717) is 6.54 Å². The van der Waals surface area contributed by atoms with Crippen LogP contribution in [0.2, 0.25) is 0 Å². The van der Waals surface area contributed by atoms with Crippen LogP contribution < -0.4 is 11.1 Å². The van der Waals surface area contributed by atoms with Crippen molar-refractivity contribution in [3.63, 3.8) is 0 Å². The molecule has 3 N–H and O–H groups in total. The molecule has 5 heteroatoms. The molecule has 0 aliphatic heterocycles. The summed E-state index contributed by atoms with van der Waals surface area (Å²) in [6.45, 7) is 0.622. The van der Waals surface area contributed by atoms with E-state index in [2.05, 4.69) is 10.4 Å². The minimum Gasteiger partial charge on any atom is -0.354 e. The summed E-state index contributed by atoms with van der Waals surface area (Å²) in [6.07, 6.45) is 4.16. The topological polar surface area (TPSA) is 72.9 Å². The molecule has 2 rings (SSSR count). The highest BCUT2D eigenvalue weighted by atomic mass is 16.2. The standard InChI is InChI=1S/C10H16N4O/c1-14-8(3-7-13-14)2-6-12-9(15)10(11)4-5-10/h3,7H,2,4-6,11H2,1H3,(H,12,15). The van der Waals surface area contributed by atoms with Gasteiger partial charge in [-0.15, -0.1) is 0 Å². The lowest BCUT2D eigenvalue weighted by molar-refractivity contribution is -0.123. The number of nitrogens with one attached hydrogen (secondary N) is 1. The van der Waals surface area contributed by atoms with Crippen LogP contribution in [0, 0.1) is 0 Å². The quantitative estimate of drug-likeness (QED) is 0.705. The maximum Gasteiger partial charge on any atom is 0.240 e. The fourth-order valence-electron chi connectivity index (χ4n) is 1.49. The molecule has 1 aliphatic carbocycles. The van der Waals surface area contributed by atoms with Crippen LogP contribution in [0.3, 0.4) is 0 Å². The molecule has 15 heavy (non-hydrogen) atoms. The first-order valence-electron chi connectivity index (χ1n) is 5.16. The highest BCUT2D eigenvalue weighted by molar-refractivity contribution is 5.88. The van der Waals surface area contributed by atoms with Crippen molar-refractivity contribution in [3.05, 3.63) is 18.0 Å². The molecule has 0 radical (unpaired) electrons. The summed E-state index contributed by atoms with van der Waals surface area (Å²) in [4.78, 5) is 11.5. The van der Waals surface area contributed by atoms with Gasteiger partial charge in [-0.05, 0) is 18.9 Å². The number of nitrogens with two attached hydrogens (primary N) is 1. The van der Waals surface area contributed by atoms with Gasteiger partial charge in [0.25, 0.3) is 0 Å². The van der Waals surface area contributed by atoms with Gasteiger partial charge < -0.3 is 11.1 Å². The molecule has 82 valence electrons. The van der Waals surface area contributed by atoms with E-state index in [1.807, 2.05) is 17.8 Å². The molecule has 1 heterocycles. The zero-order valence-electron chi connectivity index (χ0n) is 8.86. The van der Waals surface area contributed by atoms with Crippen molar-refractivity contribution in [2.75, 3.05) is 6.54 Å². The van der Waals surface area contributed by atoms with Crippen LogP contribution in [0.1, 0.15) is 18.5 Å². The van der Waals surface area contributed by atoms with E-state index in [1.165, 1.54) is 0 Å². The first-order valence-corrected chi connectivity index (χ1v) is 5.16. The number of rotatable bonds is 4. The van der Waals surface area contributed by atoms with E-state index in [-0.39, 0.29) is 5.91 Å². The summed E-state index contributed by atoms with van der Waals surface area (Å²) in [6, 6.07) is 1.95. The van der Waals surface area contributed by atoms with Gasteiger partial charge in [0.2, 0.25) is 5.91 Å². The van der Waals surface area contributed by atoms with Crippen LogP contribution in [-0.4, -0.2) is 27.8 Å². The van der Waals surface area contributed by atoms with E-state index in [1.54, 1.807) is 6.20 Å². The van der Waals surface area contributed by atoms with E-state index >= 15 is 0 Å². The first-order chi connectivity index (χ1) is 7.12. The van der Waals surface area contributed by atoms with Crippen LogP contribution in [-0.2, 0) is 18.3 Å². The minimum atomic E-state index is -0.563. The zero-order valence-corrected chi connectivity index (χ0v) is 8.86. The minimum absolute atomic E-state index is 0.0235. The highest BCUT2D eigenvalue weighted by Gasteiger charge is 2.45. The monoisotopic (exact) mass is 208 g/mol. The maximum absolute atomic E-state index is 11.5. The predicted octanol–water partition coefficient (Wildman–Crippen LogP) is -0.430. The Bertz CT molecular complexity index is 367. The molecule has 1 aliphatic rings. The Morgan fingerprint density at radius 3 is 3.00 bits per heavy atom. The second-order valence-electron chi connectivity index (χ2n) is 4.11. The Labute approximate surface area is 88.6 Å². The van der Waals surface area contributed by atoms with Crippen LogP contribution in [0.5, 0.6) is 0 Å². The molecule has 1 fully saturated rings. The molecule has 0 aromatic carbocycles. The summed E-state index contributed by atoms with van der Waals surface area (Å²) in [5.74, 6) is -0.0235. The highest BCUT2D eigenvalue weighted by Crippen LogP contribution is 2.31. The van der Waals surface area contributed by atoms with Gasteiger partial charge >= 0.3 is 0 Å². The van der Waals surface area contributed by atoms with Crippen LogP contribution in [0.4, 0.5) is 0 Å². The van der Waals surface area contributed by atoms with Gasteiger partial charge in [0.05, 0.1) is 5.54 Å². The summed E-state index contributed by atoms with van der Waals surface area (Å²) in [5.41, 5.74) is 6.30. The maximum atomic E-state index is 11.5. The lowest BCUT2D eigenvalue weighted by Gasteiger charge is -2.09. The third-order valence-electron chi connectivity index (χ3n) is 2.83. The van der Waals surface area contributed by atoms with Crippen LogP contribution in [0.25, 0.3) is 0 Å². The summed E-state index contributed by atoms with van der Waals surface area (Å²) in [5, 5.41) is 6.90. The SMILES string of the molecule is Cn1nccc1CCNC(=O)C1(N)CC1. The number of aromatic nitrogens is 2. The molecule has 1 amide bonds. The molecule has 0 unspecified atom stereocenters. The lowest BCUT2D eigenvalue weighted by Crippen LogP contribution is -2.43. The number of carbonyl (C=O) groups is 1. The van der Waals surface area contributed by atoms with Crippen molar-refractivity contribution < 1.29 is 4.79 Å². The Hall–Kier alpha value is -1.36. The number of hydrogen-bond acceptors (Lipinski definition) is 3. The zero-order chi connectivity index (χ0) is 10.9. The molecule has 5 nitrogen and oxygen atoms in total. The first kappa shape index (κ1) is 10.2. The third kappa shape index (κ3) is 2.18. The molecule has 0 spiro atoms.